The lowest BCUT2D eigenvalue weighted by molar-refractivity contribution is -0.386. The first kappa shape index (κ1) is 25.6. The van der Waals surface area contributed by atoms with E-state index in [9.17, 15) is 23.3 Å². The second-order valence-electron chi connectivity index (χ2n) is 8.92. The van der Waals surface area contributed by atoms with Gasteiger partial charge in [0, 0.05) is 19.2 Å². The minimum atomic E-state index is -3.81. The Labute approximate surface area is 200 Å². The lowest BCUT2D eigenvalue weighted by Gasteiger charge is -2.17. The number of nitro groups is 1. The maximum absolute atomic E-state index is 12.7. The number of sulfonamides is 1. The predicted molar refractivity (Wildman–Crippen MR) is 128 cm³/mol. The zero-order valence-corrected chi connectivity index (χ0v) is 20.5. The Hall–Kier alpha value is -2.98. The number of carbonyl (C=O) groups excluding carboxylic acids is 1. The van der Waals surface area contributed by atoms with E-state index in [1.165, 1.54) is 22.0 Å². The number of nitro benzene ring substituents is 1. The van der Waals surface area contributed by atoms with Crippen LogP contribution in [0.1, 0.15) is 50.8 Å². The Bertz CT molecular complexity index is 1130. The molecular weight excluding hydrogens is 458 g/mol. The molecule has 1 saturated heterocycles. The van der Waals surface area contributed by atoms with Crippen molar-refractivity contribution in [3.05, 3.63) is 63.7 Å². The molecule has 1 aliphatic rings. The molecule has 1 unspecified atom stereocenters. The van der Waals surface area contributed by atoms with Gasteiger partial charge in [0.05, 0.1) is 15.9 Å². The molecule has 0 aromatic heterocycles. The third kappa shape index (κ3) is 6.32. The van der Waals surface area contributed by atoms with Gasteiger partial charge < -0.3 is 10.1 Å². The molecule has 0 aliphatic carbocycles. The molecule has 2 aromatic rings. The van der Waals surface area contributed by atoms with Crippen molar-refractivity contribution in [2.24, 2.45) is 5.92 Å². The average molecular weight is 490 g/mol. The second kappa shape index (κ2) is 11.0. The van der Waals surface area contributed by atoms with Crippen molar-refractivity contribution < 1.29 is 22.9 Å². The van der Waals surface area contributed by atoms with E-state index in [1.807, 2.05) is 31.2 Å². The first-order valence-electron chi connectivity index (χ1n) is 11.4. The SMILES string of the molecule is CC(C)Cc1ccc(C(C)NC(=O)COc2ccc(S(=O)(=O)N3CCCC3)cc2[N+](=O)[O-])cc1. The lowest BCUT2D eigenvalue weighted by atomic mass is 10.00. The molecule has 0 bridgehead atoms. The molecule has 1 atom stereocenters. The van der Waals surface area contributed by atoms with E-state index in [2.05, 4.69) is 19.2 Å². The highest BCUT2D eigenvalue weighted by Gasteiger charge is 2.30. The van der Waals surface area contributed by atoms with Crippen molar-refractivity contribution >= 4 is 21.6 Å². The summed E-state index contributed by atoms with van der Waals surface area (Å²) >= 11 is 0. The number of hydrogen-bond acceptors (Lipinski definition) is 6. The topological polar surface area (TPSA) is 119 Å². The van der Waals surface area contributed by atoms with E-state index >= 15 is 0 Å². The van der Waals surface area contributed by atoms with Gasteiger partial charge in [-0.3, -0.25) is 14.9 Å². The Balaban J connectivity index is 1.63. The lowest BCUT2D eigenvalue weighted by Crippen LogP contribution is -2.31. The number of ether oxygens (including phenoxy) is 1. The molecule has 0 saturated carbocycles. The first-order valence-corrected chi connectivity index (χ1v) is 12.8. The fraction of sp³-hybridized carbons (Fsp3) is 0.458. The molecule has 3 rings (SSSR count). The summed E-state index contributed by atoms with van der Waals surface area (Å²) in [4.78, 5) is 23.1. The van der Waals surface area contributed by atoms with E-state index in [1.54, 1.807) is 0 Å². The van der Waals surface area contributed by atoms with Gasteiger partial charge in [0.2, 0.25) is 10.0 Å². The van der Waals surface area contributed by atoms with Crippen LogP contribution >= 0.6 is 0 Å². The van der Waals surface area contributed by atoms with Crippen LogP contribution in [0.15, 0.2) is 47.4 Å². The van der Waals surface area contributed by atoms with Gasteiger partial charge in [-0.05, 0) is 55.4 Å². The van der Waals surface area contributed by atoms with Crippen LogP contribution in [-0.4, -0.2) is 43.2 Å². The maximum atomic E-state index is 12.7. The number of nitrogens with zero attached hydrogens (tertiary/aromatic N) is 2. The zero-order valence-electron chi connectivity index (χ0n) is 19.7. The van der Waals surface area contributed by atoms with Gasteiger partial charge in [-0.25, -0.2) is 8.42 Å². The summed E-state index contributed by atoms with van der Waals surface area (Å²) in [7, 11) is -3.81. The smallest absolute Gasteiger partial charge is 0.312 e. The summed E-state index contributed by atoms with van der Waals surface area (Å²) in [5.74, 6) is -0.0494. The molecule has 9 nitrogen and oxygen atoms in total. The average Bonchev–Trinajstić information content (AvgIpc) is 3.33. The van der Waals surface area contributed by atoms with Crippen molar-refractivity contribution in [1.82, 2.24) is 9.62 Å². The maximum Gasteiger partial charge on any atom is 0.312 e. The number of amides is 1. The Morgan fingerprint density at radius 2 is 1.76 bits per heavy atom. The van der Waals surface area contributed by atoms with Gasteiger partial charge in [0.15, 0.2) is 12.4 Å². The molecule has 1 amide bonds. The highest BCUT2D eigenvalue weighted by Crippen LogP contribution is 2.31. The molecule has 0 radical (unpaired) electrons. The summed E-state index contributed by atoms with van der Waals surface area (Å²) in [5.41, 5.74) is 1.66. The standard InChI is InChI=1S/C24H31N3O6S/c1-17(2)14-19-6-8-20(9-7-19)18(3)25-24(28)16-33-23-11-10-21(15-22(23)27(29)30)34(31,32)26-12-4-5-13-26/h6-11,15,17-18H,4-5,12-14,16H2,1-3H3,(H,25,28). The van der Waals surface area contributed by atoms with Crippen LogP contribution in [0.4, 0.5) is 5.69 Å². The van der Waals surface area contributed by atoms with E-state index in [-0.39, 0.29) is 16.7 Å². The molecule has 34 heavy (non-hydrogen) atoms. The van der Waals surface area contributed by atoms with E-state index in [0.717, 1.165) is 30.9 Å². The van der Waals surface area contributed by atoms with Crippen LogP contribution in [0, 0.1) is 16.0 Å². The molecule has 1 N–H and O–H groups in total. The van der Waals surface area contributed by atoms with Crippen molar-refractivity contribution in [3.63, 3.8) is 0 Å². The van der Waals surface area contributed by atoms with Gasteiger partial charge >= 0.3 is 5.69 Å². The molecule has 0 spiro atoms. The van der Waals surface area contributed by atoms with Crippen LogP contribution in [0.3, 0.4) is 0 Å². The number of rotatable bonds is 10. The molecular formula is C24H31N3O6S. The fourth-order valence-electron chi connectivity index (χ4n) is 3.92. The largest absolute Gasteiger partial charge is 0.477 e. The summed E-state index contributed by atoms with van der Waals surface area (Å²) in [5, 5.41) is 14.4. The van der Waals surface area contributed by atoms with Gasteiger partial charge in [-0.1, -0.05) is 38.1 Å². The van der Waals surface area contributed by atoms with Crippen LogP contribution in [0.2, 0.25) is 0 Å². The molecule has 1 heterocycles. The van der Waals surface area contributed by atoms with Crippen LogP contribution < -0.4 is 10.1 Å². The van der Waals surface area contributed by atoms with Gasteiger partial charge in [-0.15, -0.1) is 0 Å². The van der Waals surface area contributed by atoms with Crippen molar-refractivity contribution in [2.75, 3.05) is 19.7 Å². The third-order valence-corrected chi connectivity index (χ3v) is 7.58. The number of hydrogen-bond donors (Lipinski definition) is 1. The van der Waals surface area contributed by atoms with Gasteiger partial charge in [-0.2, -0.15) is 4.31 Å². The predicted octanol–water partition coefficient (Wildman–Crippen LogP) is 3.83. The molecule has 10 heteroatoms. The van der Waals surface area contributed by atoms with E-state index in [4.69, 9.17) is 4.74 Å². The quantitative estimate of drug-likeness (QED) is 0.400. The van der Waals surface area contributed by atoms with Crippen molar-refractivity contribution in [1.29, 1.82) is 0 Å². The minimum absolute atomic E-state index is 0.160. The Kier molecular flexibility index (Phi) is 8.27. The first-order chi connectivity index (χ1) is 16.1. The zero-order chi connectivity index (χ0) is 24.9. The van der Waals surface area contributed by atoms with Crippen molar-refractivity contribution in [2.45, 2.75) is 51.0 Å². The van der Waals surface area contributed by atoms with E-state index in [0.29, 0.717) is 19.0 Å². The highest BCUT2D eigenvalue weighted by molar-refractivity contribution is 7.89. The minimum Gasteiger partial charge on any atom is -0.477 e. The van der Waals surface area contributed by atoms with Crippen LogP contribution in [0.25, 0.3) is 0 Å². The third-order valence-electron chi connectivity index (χ3n) is 5.69. The number of nitrogens with one attached hydrogen (secondary N) is 1. The summed E-state index contributed by atoms with van der Waals surface area (Å²) < 4.78 is 32.1. The van der Waals surface area contributed by atoms with Crippen LogP contribution in [-0.2, 0) is 21.2 Å². The van der Waals surface area contributed by atoms with Crippen LogP contribution in [0.5, 0.6) is 5.75 Å². The molecule has 1 fully saturated rings. The summed E-state index contributed by atoms with van der Waals surface area (Å²) in [6, 6.07) is 11.2. The monoisotopic (exact) mass is 489 g/mol. The second-order valence-corrected chi connectivity index (χ2v) is 10.9. The highest BCUT2D eigenvalue weighted by atomic mass is 32.2. The summed E-state index contributed by atoms with van der Waals surface area (Å²) in [6.45, 7) is 6.51. The Morgan fingerprint density at radius 1 is 1.12 bits per heavy atom. The van der Waals surface area contributed by atoms with Gasteiger partial charge in [0.25, 0.3) is 5.91 Å². The van der Waals surface area contributed by atoms with Gasteiger partial charge in [0.1, 0.15) is 0 Å². The number of benzene rings is 2. The Morgan fingerprint density at radius 3 is 2.35 bits per heavy atom. The molecule has 1 aliphatic heterocycles. The summed E-state index contributed by atoms with van der Waals surface area (Å²) in [6.07, 6.45) is 2.50. The normalized spacial score (nSPS) is 15.3. The molecule has 2 aromatic carbocycles. The molecule has 184 valence electrons. The fourth-order valence-corrected chi connectivity index (χ4v) is 5.46. The van der Waals surface area contributed by atoms with E-state index < -0.39 is 33.1 Å². The van der Waals surface area contributed by atoms with Crippen molar-refractivity contribution in [3.8, 4) is 5.75 Å². The number of carbonyl (C=O) groups is 1.